The molecule has 3 heterocycles. The lowest BCUT2D eigenvalue weighted by atomic mass is 10.1. The van der Waals surface area contributed by atoms with Gasteiger partial charge in [0.1, 0.15) is 6.23 Å². The lowest BCUT2D eigenvalue weighted by Gasteiger charge is -2.28. The molecular formula is C26H28FN5O5. The predicted octanol–water partition coefficient (Wildman–Crippen LogP) is 3.84. The van der Waals surface area contributed by atoms with Crippen LogP contribution in [0.15, 0.2) is 30.6 Å². The summed E-state index contributed by atoms with van der Waals surface area (Å²) >= 11 is 0. The molecule has 1 aliphatic rings. The highest BCUT2D eigenvalue weighted by atomic mass is 19.1. The summed E-state index contributed by atoms with van der Waals surface area (Å²) in [4.78, 5) is 37.2. The molecule has 0 spiro atoms. The van der Waals surface area contributed by atoms with Gasteiger partial charge in [0.05, 0.1) is 11.9 Å². The number of halogens is 1. The average molecular weight is 510 g/mol. The van der Waals surface area contributed by atoms with Gasteiger partial charge >= 0.3 is 23.8 Å². The highest BCUT2D eigenvalue weighted by Crippen LogP contribution is 2.41. The van der Waals surface area contributed by atoms with Crippen LogP contribution in [-0.4, -0.2) is 43.3 Å². The van der Waals surface area contributed by atoms with Gasteiger partial charge in [0.15, 0.2) is 23.1 Å². The maximum Gasteiger partial charge on any atom is 0.341 e. The molecule has 1 aliphatic heterocycles. The van der Waals surface area contributed by atoms with Gasteiger partial charge in [-0.1, -0.05) is 44.4 Å². The summed E-state index contributed by atoms with van der Waals surface area (Å²) in [5.41, 5.74) is 6.94. The Bertz CT molecular complexity index is 1350. The Balaban J connectivity index is 1.65. The van der Waals surface area contributed by atoms with Crippen molar-refractivity contribution in [1.29, 1.82) is 0 Å². The number of carbonyl (C=O) groups excluding carboxylic acids is 2. The second-order valence-electron chi connectivity index (χ2n) is 8.82. The van der Waals surface area contributed by atoms with E-state index in [0.717, 1.165) is 19.3 Å². The Morgan fingerprint density at radius 3 is 2.81 bits per heavy atom. The molecule has 10 nitrogen and oxygen atoms in total. The van der Waals surface area contributed by atoms with Crippen molar-refractivity contribution in [3.05, 3.63) is 47.8 Å². The SMILES string of the molecule is C#C[C@]1(OC(=O)c2ccccc2C)O[C@@H](n2cnc3c(N)nc(F)nc32)C[C@@H]1OC(=O)CCCCCC. The number of hydrogen-bond donors (Lipinski definition) is 1. The largest absolute Gasteiger partial charge is 0.454 e. The van der Waals surface area contributed by atoms with Crippen LogP contribution in [0, 0.1) is 25.3 Å². The number of carbonyl (C=O) groups is 2. The summed E-state index contributed by atoms with van der Waals surface area (Å²) in [7, 11) is 0. The summed E-state index contributed by atoms with van der Waals surface area (Å²) in [5, 5.41) is 0. The summed E-state index contributed by atoms with van der Waals surface area (Å²) < 4.78 is 32.8. The minimum Gasteiger partial charge on any atom is -0.454 e. The van der Waals surface area contributed by atoms with Crippen LogP contribution in [0.4, 0.5) is 10.2 Å². The lowest BCUT2D eigenvalue weighted by Crippen LogP contribution is -2.45. The average Bonchev–Trinajstić information content (AvgIpc) is 3.44. The number of rotatable bonds is 9. The number of terminal acetylenes is 1. The fraction of sp³-hybridized carbons (Fsp3) is 0.423. The number of hydrogen-bond acceptors (Lipinski definition) is 9. The Labute approximate surface area is 213 Å². The van der Waals surface area contributed by atoms with Crippen molar-refractivity contribution in [1.82, 2.24) is 19.5 Å². The molecule has 3 aromatic rings. The molecule has 194 valence electrons. The third-order valence-electron chi connectivity index (χ3n) is 6.20. The van der Waals surface area contributed by atoms with Crippen molar-refractivity contribution < 1.29 is 28.2 Å². The van der Waals surface area contributed by atoms with E-state index in [1.165, 1.54) is 10.9 Å². The van der Waals surface area contributed by atoms with E-state index < -0.39 is 36.1 Å². The first-order valence-electron chi connectivity index (χ1n) is 12.1. The first-order valence-corrected chi connectivity index (χ1v) is 12.1. The lowest BCUT2D eigenvalue weighted by molar-refractivity contribution is -0.209. The molecule has 37 heavy (non-hydrogen) atoms. The van der Waals surface area contributed by atoms with Crippen LogP contribution in [0.5, 0.6) is 0 Å². The number of benzene rings is 1. The molecule has 2 N–H and O–H groups in total. The Morgan fingerprint density at radius 2 is 2.08 bits per heavy atom. The van der Waals surface area contributed by atoms with Crippen molar-refractivity contribution in [3.8, 4) is 12.3 Å². The second kappa shape index (κ2) is 10.9. The minimum atomic E-state index is -2.04. The monoisotopic (exact) mass is 509 g/mol. The van der Waals surface area contributed by atoms with Gasteiger partial charge in [-0.2, -0.15) is 14.4 Å². The van der Waals surface area contributed by atoms with Crippen molar-refractivity contribution in [2.45, 2.75) is 70.5 Å². The zero-order valence-corrected chi connectivity index (χ0v) is 20.6. The van der Waals surface area contributed by atoms with E-state index in [1.807, 2.05) is 0 Å². The topological polar surface area (TPSA) is 131 Å². The van der Waals surface area contributed by atoms with Gasteiger partial charge in [0.2, 0.25) is 0 Å². The molecule has 1 fully saturated rings. The number of nitrogen functional groups attached to an aromatic ring is 1. The van der Waals surface area contributed by atoms with Gasteiger partial charge in [-0.15, -0.1) is 6.42 Å². The van der Waals surface area contributed by atoms with Gasteiger partial charge < -0.3 is 19.9 Å². The van der Waals surface area contributed by atoms with Gasteiger partial charge in [0.25, 0.3) is 0 Å². The van der Waals surface area contributed by atoms with Crippen LogP contribution < -0.4 is 5.73 Å². The first-order chi connectivity index (χ1) is 17.8. The Hall–Kier alpha value is -4.04. The van der Waals surface area contributed by atoms with E-state index in [4.69, 9.17) is 26.4 Å². The molecular weight excluding hydrogens is 481 g/mol. The van der Waals surface area contributed by atoms with E-state index in [9.17, 15) is 14.0 Å². The maximum absolute atomic E-state index is 13.9. The van der Waals surface area contributed by atoms with Gasteiger partial charge in [-0.05, 0) is 30.9 Å². The Morgan fingerprint density at radius 1 is 1.30 bits per heavy atom. The number of fused-ring (bicyclic) bond motifs is 1. The first kappa shape index (κ1) is 26.0. The molecule has 0 amide bonds. The van der Waals surface area contributed by atoms with Crippen LogP contribution in [0.2, 0.25) is 0 Å². The summed E-state index contributed by atoms with van der Waals surface area (Å²) in [6, 6.07) is 6.82. The molecule has 0 saturated carbocycles. The smallest absolute Gasteiger partial charge is 0.341 e. The minimum absolute atomic E-state index is 0.0110. The molecule has 2 aromatic heterocycles. The summed E-state index contributed by atoms with van der Waals surface area (Å²) in [5.74, 6) is -1.05. The number of unbranched alkanes of at least 4 members (excludes halogenated alkanes) is 3. The molecule has 4 rings (SSSR count). The van der Waals surface area contributed by atoms with Crippen LogP contribution in [0.25, 0.3) is 11.2 Å². The van der Waals surface area contributed by atoms with Gasteiger partial charge in [0, 0.05) is 12.8 Å². The highest BCUT2D eigenvalue weighted by molar-refractivity contribution is 5.91. The van der Waals surface area contributed by atoms with E-state index >= 15 is 0 Å². The molecule has 0 radical (unpaired) electrons. The molecule has 1 saturated heterocycles. The van der Waals surface area contributed by atoms with E-state index in [1.54, 1.807) is 31.2 Å². The molecule has 3 atom stereocenters. The summed E-state index contributed by atoms with van der Waals surface area (Å²) in [6.45, 7) is 3.82. The summed E-state index contributed by atoms with van der Waals surface area (Å²) in [6.07, 6.45) is 7.74. The third-order valence-corrected chi connectivity index (χ3v) is 6.20. The van der Waals surface area contributed by atoms with Crippen molar-refractivity contribution in [3.63, 3.8) is 0 Å². The van der Waals surface area contributed by atoms with E-state index in [2.05, 4.69) is 27.8 Å². The number of imidazole rings is 1. The standard InChI is InChI=1S/C26H28FN5O5/c1-4-6-7-8-13-20(33)35-18-14-19(32-15-29-21-22(28)30-25(27)31-23(21)32)36-26(18,5-2)37-24(34)17-12-10-9-11-16(17)3/h2,9-12,15,18-19H,4,6-8,13-14H2,1,3H3,(H2,28,30,31)/t18-,19+,26+/m0/s1. The fourth-order valence-corrected chi connectivity index (χ4v) is 4.24. The number of nitrogens with zero attached hydrogens (tertiary/aromatic N) is 4. The molecule has 0 unspecified atom stereocenters. The fourth-order valence-electron chi connectivity index (χ4n) is 4.24. The normalized spacial score (nSPS) is 21.0. The zero-order chi connectivity index (χ0) is 26.6. The van der Waals surface area contributed by atoms with E-state index in [0.29, 0.717) is 12.0 Å². The van der Waals surface area contributed by atoms with Gasteiger partial charge in [-0.25, -0.2) is 9.78 Å². The van der Waals surface area contributed by atoms with Crippen LogP contribution in [0.1, 0.15) is 67.6 Å². The molecule has 11 heteroatoms. The maximum atomic E-state index is 13.9. The number of nitrogens with two attached hydrogens (primary N) is 1. The van der Waals surface area contributed by atoms with Crippen molar-refractivity contribution in [2.75, 3.05) is 5.73 Å². The molecule has 0 aliphatic carbocycles. The van der Waals surface area contributed by atoms with Crippen LogP contribution in [-0.2, 0) is 19.0 Å². The van der Waals surface area contributed by atoms with Gasteiger partial charge in [-0.3, -0.25) is 9.36 Å². The Kier molecular flexibility index (Phi) is 7.69. The van der Waals surface area contributed by atoms with Crippen LogP contribution in [0.3, 0.4) is 0 Å². The predicted molar refractivity (Wildman–Crippen MR) is 131 cm³/mol. The van der Waals surface area contributed by atoms with Crippen molar-refractivity contribution in [2.24, 2.45) is 0 Å². The molecule has 0 bridgehead atoms. The quantitative estimate of drug-likeness (QED) is 0.198. The number of aryl methyl sites for hydroxylation is 1. The second-order valence-corrected chi connectivity index (χ2v) is 8.82. The number of aromatic nitrogens is 4. The van der Waals surface area contributed by atoms with E-state index in [-0.39, 0.29) is 35.4 Å². The number of anilines is 1. The number of esters is 2. The highest BCUT2D eigenvalue weighted by Gasteiger charge is 2.55. The zero-order valence-electron chi connectivity index (χ0n) is 20.6. The third kappa shape index (κ3) is 5.39. The molecule has 1 aromatic carbocycles. The van der Waals surface area contributed by atoms with Crippen LogP contribution >= 0.6 is 0 Å². The van der Waals surface area contributed by atoms with Crippen molar-refractivity contribution >= 4 is 28.9 Å². The number of ether oxygens (including phenoxy) is 3.